The summed E-state index contributed by atoms with van der Waals surface area (Å²) in [4.78, 5) is 36.4. The molecule has 0 spiro atoms. The lowest BCUT2D eigenvalue weighted by atomic mass is 9.83. The van der Waals surface area contributed by atoms with Crippen LogP contribution >= 0.6 is 11.8 Å². The Kier molecular flexibility index (Phi) is 4.58. The van der Waals surface area contributed by atoms with Gasteiger partial charge in [-0.3, -0.25) is 9.59 Å². The summed E-state index contributed by atoms with van der Waals surface area (Å²) in [5, 5.41) is 18.9. The van der Waals surface area contributed by atoms with Crippen LogP contribution in [0.15, 0.2) is 10.6 Å². The molecule has 1 amide bonds. The van der Waals surface area contributed by atoms with E-state index in [2.05, 4.69) is 0 Å². The zero-order chi connectivity index (χ0) is 15.7. The Morgan fingerprint density at radius 1 is 1.52 bits per heavy atom. The monoisotopic (exact) mass is 315 g/mol. The molecular weight excluding hydrogens is 298 g/mol. The zero-order valence-corrected chi connectivity index (χ0v) is 12.6. The highest BCUT2D eigenvalue weighted by Gasteiger charge is 2.56. The average molecular weight is 315 g/mol. The summed E-state index contributed by atoms with van der Waals surface area (Å²) in [6.07, 6.45) is -0.462. The summed E-state index contributed by atoms with van der Waals surface area (Å²) in [6, 6.07) is -0.326. The van der Waals surface area contributed by atoms with Crippen LogP contribution in [-0.4, -0.2) is 57.5 Å². The lowest BCUT2D eigenvalue weighted by Gasteiger charge is -2.44. The molecule has 1 saturated heterocycles. The molecule has 0 aromatic rings. The first-order valence-corrected chi connectivity index (χ1v) is 7.63. The Morgan fingerprint density at radius 3 is 2.71 bits per heavy atom. The molecular formula is C13H17NO6S. The molecule has 0 radical (unpaired) electrons. The van der Waals surface area contributed by atoms with Gasteiger partial charge in [-0.15, -0.1) is 11.8 Å². The van der Waals surface area contributed by atoms with Gasteiger partial charge in [-0.1, -0.05) is 0 Å². The van der Waals surface area contributed by atoms with E-state index in [-0.39, 0.29) is 30.0 Å². The van der Waals surface area contributed by atoms with Crippen molar-refractivity contribution in [2.24, 2.45) is 5.92 Å². The van der Waals surface area contributed by atoms with Crippen LogP contribution in [0.5, 0.6) is 0 Å². The van der Waals surface area contributed by atoms with Crippen LogP contribution in [0.2, 0.25) is 0 Å². The third-order valence-corrected chi connectivity index (χ3v) is 4.65. The summed E-state index contributed by atoms with van der Waals surface area (Å²) < 4.78 is 4.80. The zero-order valence-electron chi connectivity index (χ0n) is 11.7. The van der Waals surface area contributed by atoms with Gasteiger partial charge in [0.05, 0.1) is 30.4 Å². The Morgan fingerprint density at radius 2 is 2.19 bits per heavy atom. The molecule has 0 aromatic carbocycles. The molecule has 0 saturated carbocycles. The van der Waals surface area contributed by atoms with Crippen LogP contribution in [0, 0.1) is 5.92 Å². The quantitative estimate of drug-likeness (QED) is 0.532. The number of aliphatic hydroxyl groups excluding tert-OH is 1. The highest BCUT2D eigenvalue weighted by atomic mass is 32.2. The molecule has 3 atom stereocenters. The molecule has 2 heterocycles. The van der Waals surface area contributed by atoms with E-state index < -0.39 is 24.0 Å². The molecule has 1 fully saturated rings. The van der Waals surface area contributed by atoms with Crippen molar-refractivity contribution < 1.29 is 29.3 Å². The van der Waals surface area contributed by atoms with Crippen molar-refractivity contribution in [1.82, 2.24) is 4.90 Å². The predicted molar refractivity (Wildman–Crippen MR) is 74.2 cm³/mol. The average Bonchev–Trinajstić information content (AvgIpc) is 2.70. The van der Waals surface area contributed by atoms with Crippen molar-refractivity contribution in [2.75, 3.05) is 12.4 Å². The standard InChI is InChI=1S/C13H17NO6S/c1-3-20-9(16)5-21-8-4-7-10(6(2)15)12(17)14(7)11(8)13(18)19/h6-7,10,15H,3-5H2,1-2H3,(H,18,19)/t6-,7?,10?/m1/s1. The Bertz CT molecular complexity index is 515. The number of thioether (sulfide) groups is 1. The van der Waals surface area contributed by atoms with E-state index in [9.17, 15) is 24.6 Å². The van der Waals surface area contributed by atoms with Crippen LogP contribution in [0.25, 0.3) is 0 Å². The van der Waals surface area contributed by atoms with E-state index in [1.165, 1.54) is 11.8 Å². The molecule has 2 aliphatic heterocycles. The van der Waals surface area contributed by atoms with Crippen molar-refractivity contribution >= 4 is 29.6 Å². The maximum atomic E-state index is 12.0. The molecule has 8 heteroatoms. The number of aliphatic carboxylic acids is 1. The van der Waals surface area contributed by atoms with E-state index in [1.54, 1.807) is 6.92 Å². The molecule has 0 aromatic heterocycles. The first-order valence-electron chi connectivity index (χ1n) is 6.64. The fourth-order valence-electron chi connectivity index (χ4n) is 2.71. The number of ether oxygens (including phenoxy) is 1. The number of esters is 1. The van der Waals surface area contributed by atoms with Crippen molar-refractivity contribution in [3.63, 3.8) is 0 Å². The minimum absolute atomic E-state index is 0.00799. The molecule has 0 bridgehead atoms. The highest BCUT2D eigenvalue weighted by molar-refractivity contribution is 8.03. The molecule has 0 aliphatic carbocycles. The van der Waals surface area contributed by atoms with Gasteiger partial charge in [0.15, 0.2) is 0 Å². The van der Waals surface area contributed by atoms with E-state index >= 15 is 0 Å². The number of carbonyl (C=O) groups excluding carboxylic acids is 2. The fraction of sp³-hybridized carbons (Fsp3) is 0.615. The van der Waals surface area contributed by atoms with Gasteiger partial charge in [-0.2, -0.15) is 0 Å². The molecule has 116 valence electrons. The predicted octanol–water partition coefficient (Wildman–Crippen LogP) is 0.190. The second-order valence-electron chi connectivity index (χ2n) is 4.92. The summed E-state index contributed by atoms with van der Waals surface area (Å²) in [5.41, 5.74) is -0.0730. The minimum atomic E-state index is -1.19. The summed E-state index contributed by atoms with van der Waals surface area (Å²) in [6.45, 7) is 3.48. The van der Waals surface area contributed by atoms with E-state index in [0.717, 1.165) is 11.8 Å². The maximum Gasteiger partial charge on any atom is 0.353 e. The molecule has 7 nitrogen and oxygen atoms in total. The maximum absolute atomic E-state index is 12.0. The number of nitrogens with zero attached hydrogens (tertiary/aromatic N) is 1. The first-order chi connectivity index (χ1) is 9.88. The number of fused-ring (bicyclic) bond motifs is 1. The summed E-state index contributed by atoms with van der Waals surface area (Å²) in [7, 11) is 0. The van der Waals surface area contributed by atoms with Gasteiger partial charge in [-0.25, -0.2) is 4.79 Å². The van der Waals surface area contributed by atoms with Crippen LogP contribution in [0.3, 0.4) is 0 Å². The van der Waals surface area contributed by atoms with Crippen LogP contribution < -0.4 is 0 Å². The Balaban J connectivity index is 2.12. The van der Waals surface area contributed by atoms with E-state index in [1.807, 2.05) is 0 Å². The highest BCUT2D eigenvalue weighted by Crippen LogP contribution is 2.46. The number of β-lactam (4-membered cyclic amide) rings is 1. The smallest absolute Gasteiger partial charge is 0.353 e. The Labute approximate surface area is 125 Å². The number of carboxylic acid groups (broad SMARTS) is 1. The molecule has 2 aliphatic rings. The molecule has 2 unspecified atom stereocenters. The molecule has 2 rings (SSSR count). The van der Waals surface area contributed by atoms with Crippen LogP contribution in [0.1, 0.15) is 20.3 Å². The van der Waals surface area contributed by atoms with E-state index in [0.29, 0.717) is 11.3 Å². The number of carboxylic acids is 1. The Hall–Kier alpha value is -1.54. The van der Waals surface area contributed by atoms with Gasteiger partial charge in [0.2, 0.25) is 5.91 Å². The first kappa shape index (κ1) is 15.8. The second kappa shape index (κ2) is 6.07. The second-order valence-corrected chi connectivity index (χ2v) is 5.99. The van der Waals surface area contributed by atoms with Gasteiger partial charge < -0.3 is 19.8 Å². The number of aliphatic hydroxyl groups is 1. The topological polar surface area (TPSA) is 104 Å². The normalized spacial score (nSPS) is 25.5. The van der Waals surface area contributed by atoms with Gasteiger partial charge >= 0.3 is 11.9 Å². The lowest BCUT2D eigenvalue weighted by molar-refractivity contribution is -0.161. The van der Waals surface area contributed by atoms with Crippen molar-refractivity contribution in [2.45, 2.75) is 32.4 Å². The number of hydrogen-bond donors (Lipinski definition) is 2. The minimum Gasteiger partial charge on any atom is -0.477 e. The summed E-state index contributed by atoms with van der Waals surface area (Å²) >= 11 is 1.08. The van der Waals surface area contributed by atoms with E-state index in [4.69, 9.17) is 4.74 Å². The van der Waals surface area contributed by atoms with Crippen molar-refractivity contribution in [3.8, 4) is 0 Å². The largest absolute Gasteiger partial charge is 0.477 e. The van der Waals surface area contributed by atoms with Gasteiger partial charge in [0, 0.05) is 11.3 Å². The number of amides is 1. The SMILES string of the molecule is CCOC(=O)CSC1=C(C(=O)O)N2C(=O)C([C@@H](C)O)C2C1. The lowest BCUT2D eigenvalue weighted by Crippen LogP contribution is -2.61. The third kappa shape index (κ3) is 2.77. The van der Waals surface area contributed by atoms with Crippen LogP contribution in [-0.2, 0) is 19.1 Å². The van der Waals surface area contributed by atoms with Gasteiger partial charge in [0.25, 0.3) is 0 Å². The number of rotatable bonds is 6. The molecule has 21 heavy (non-hydrogen) atoms. The van der Waals surface area contributed by atoms with Crippen molar-refractivity contribution in [3.05, 3.63) is 10.6 Å². The third-order valence-electron chi connectivity index (χ3n) is 3.56. The summed E-state index contributed by atoms with van der Waals surface area (Å²) in [5.74, 6) is -2.55. The number of carbonyl (C=O) groups is 3. The van der Waals surface area contributed by atoms with Gasteiger partial charge in [-0.05, 0) is 13.8 Å². The molecule has 2 N–H and O–H groups in total. The van der Waals surface area contributed by atoms with Gasteiger partial charge in [0.1, 0.15) is 5.70 Å². The number of hydrogen-bond acceptors (Lipinski definition) is 6. The fourth-order valence-corrected chi connectivity index (χ4v) is 3.69. The van der Waals surface area contributed by atoms with Crippen molar-refractivity contribution in [1.29, 1.82) is 0 Å². The van der Waals surface area contributed by atoms with Crippen LogP contribution in [0.4, 0.5) is 0 Å².